The molecule has 0 spiro atoms. The number of ether oxygens (including phenoxy) is 6. The molecule has 0 saturated heterocycles. The average molecular weight is 471 g/mol. The van der Waals surface area contributed by atoms with Crippen LogP contribution in [0.25, 0.3) is 10.8 Å². The molecule has 0 aliphatic rings. The van der Waals surface area contributed by atoms with Gasteiger partial charge in [-0.05, 0) is 5.56 Å². The van der Waals surface area contributed by atoms with Crippen LogP contribution in [0, 0.1) is 10.1 Å². The molecule has 10 nitrogen and oxygen atoms in total. The van der Waals surface area contributed by atoms with Gasteiger partial charge < -0.3 is 28.4 Å². The number of methoxy groups -OCH3 is 5. The quantitative estimate of drug-likeness (QED) is 0.233. The minimum absolute atomic E-state index is 0.0174. The molecule has 180 valence electrons. The van der Waals surface area contributed by atoms with E-state index in [1.54, 1.807) is 6.07 Å². The van der Waals surface area contributed by atoms with Crippen LogP contribution in [0.3, 0.4) is 0 Å². The number of Topliss-reactive ketones (excluding diaryl/α,β-unsaturated/α-hetero) is 1. The number of carbonyl (C=O) groups is 1. The van der Waals surface area contributed by atoms with Crippen molar-refractivity contribution >= 4 is 16.6 Å². The number of benzene rings is 3. The van der Waals surface area contributed by atoms with Gasteiger partial charge in [-0.1, -0.05) is 30.3 Å². The summed E-state index contributed by atoms with van der Waals surface area (Å²) >= 11 is 0. The predicted molar refractivity (Wildman–Crippen MR) is 124 cm³/mol. The van der Waals surface area contributed by atoms with Crippen LogP contribution >= 0.6 is 0 Å². The second-order valence-electron chi connectivity index (χ2n) is 7.02. The van der Waals surface area contributed by atoms with Gasteiger partial charge in [0.05, 0.1) is 46.3 Å². The Morgan fingerprint density at radius 2 is 1.41 bits per heavy atom. The number of fused-ring (bicyclic) bond motifs is 1. The first-order chi connectivity index (χ1) is 16.4. The average Bonchev–Trinajstić information content (AvgIpc) is 2.85. The van der Waals surface area contributed by atoms with Crippen molar-refractivity contribution in [1.29, 1.82) is 0 Å². The molecule has 0 atom stereocenters. The predicted octanol–water partition coefficient (Wildman–Crippen LogP) is 3.92. The van der Waals surface area contributed by atoms with Crippen molar-refractivity contribution < 1.29 is 38.1 Å². The standard InChI is InChI=1S/C24H25NO9/c1-29-16-11-17(30-2)21(31-3)20-19(16)22(32-4)18(15(26)12-25(27)28)24(23(20)33-5)34-13-14-9-7-6-8-10-14/h6-11H,12-13H2,1-5H3. The van der Waals surface area contributed by atoms with E-state index >= 15 is 0 Å². The monoisotopic (exact) mass is 471 g/mol. The second-order valence-corrected chi connectivity index (χ2v) is 7.02. The highest BCUT2D eigenvalue weighted by Gasteiger charge is 2.33. The molecule has 0 unspecified atom stereocenters. The zero-order valence-corrected chi connectivity index (χ0v) is 19.5. The number of hydrogen-bond donors (Lipinski definition) is 0. The van der Waals surface area contributed by atoms with Crippen LogP contribution < -0.4 is 28.4 Å². The lowest BCUT2D eigenvalue weighted by molar-refractivity contribution is -0.465. The van der Waals surface area contributed by atoms with Gasteiger partial charge >= 0.3 is 0 Å². The van der Waals surface area contributed by atoms with Crippen LogP contribution in [0.5, 0.6) is 34.5 Å². The third-order valence-corrected chi connectivity index (χ3v) is 5.15. The molecule has 3 aromatic rings. The van der Waals surface area contributed by atoms with Gasteiger partial charge in [0.15, 0.2) is 23.0 Å². The van der Waals surface area contributed by atoms with Crippen LogP contribution in [0.2, 0.25) is 0 Å². The molecular weight excluding hydrogens is 446 g/mol. The van der Waals surface area contributed by atoms with E-state index < -0.39 is 17.3 Å². The molecule has 0 N–H and O–H groups in total. The van der Waals surface area contributed by atoms with Gasteiger partial charge in [-0.3, -0.25) is 14.9 Å². The van der Waals surface area contributed by atoms with Gasteiger partial charge in [-0.25, -0.2) is 0 Å². The molecule has 0 saturated carbocycles. The van der Waals surface area contributed by atoms with Crippen molar-refractivity contribution in [3.05, 3.63) is 57.6 Å². The van der Waals surface area contributed by atoms with E-state index in [0.29, 0.717) is 16.5 Å². The Morgan fingerprint density at radius 1 is 0.794 bits per heavy atom. The normalized spacial score (nSPS) is 10.5. The molecule has 0 aliphatic heterocycles. The number of ketones is 1. The highest BCUT2D eigenvalue weighted by atomic mass is 16.6. The van der Waals surface area contributed by atoms with Gasteiger partial charge in [0.2, 0.25) is 5.78 Å². The molecule has 3 aromatic carbocycles. The largest absolute Gasteiger partial charge is 0.496 e. The highest BCUT2D eigenvalue weighted by molar-refractivity contribution is 6.14. The van der Waals surface area contributed by atoms with E-state index in [1.807, 2.05) is 30.3 Å². The summed E-state index contributed by atoms with van der Waals surface area (Å²) in [6.45, 7) is -0.906. The lowest BCUT2D eigenvalue weighted by Gasteiger charge is -2.23. The van der Waals surface area contributed by atoms with E-state index in [4.69, 9.17) is 28.4 Å². The van der Waals surface area contributed by atoms with Gasteiger partial charge in [-0.2, -0.15) is 0 Å². The smallest absolute Gasteiger partial charge is 0.266 e. The van der Waals surface area contributed by atoms with Crippen LogP contribution in [-0.2, 0) is 6.61 Å². The summed E-state index contributed by atoms with van der Waals surface area (Å²) in [4.78, 5) is 23.6. The number of nitrogens with zero attached hydrogens (tertiary/aromatic N) is 1. The van der Waals surface area contributed by atoms with E-state index in [0.717, 1.165) is 5.56 Å². The van der Waals surface area contributed by atoms with Gasteiger partial charge in [-0.15, -0.1) is 0 Å². The Balaban J connectivity index is 2.45. The fourth-order valence-electron chi connectivity index (χ4n) is 3.75. The number of nitro groups is 1. The highest BCUT2D eigenvalue weighted by Crippen LogP contribution is 2.55. The summed E-state index contributed by atoms with van der Waals surface area (Å²) in [7, 11) is 7.09. The van der Waals surface area contributed by atoms with Crippen LogP contribution in [-0.4, -0.2) is 52.8 Å². The zero-order valence-electron chi connectivity index (χ0n) is 19.5. The number of hydrogen-bond acceptors (Lipinski definition) is 9. The Hall–Kier alpha value is -4.21. The summed E-state index contributed by atoms with van der Waals surface area (Å²) in [5.74, 6) is 0.221. The molecular formula is C24H25NO9. The van der Waals surface area contributed by atoms with Crippen molar-refractivity contribution in [3.63, 3.8) is 0 Å². The van der Waals surface area contributed by atoms with Crippen molar-refractivity contribution in [2.24, 2.45) is 0 Å². The van der Waals surface area contributed by atoms with E-state index in [1.165, 1.54) is 35.5 Å². The first-order valence-corrected chi connectivity index (χ1v) is 10.1. The maximum Gasteiger partial charge on any atom is 0.266 e. The van der Waals surface area contributed by atoms with Crippen LogP contribution in [0.4, 0.5) is 0 Å². The Morgan fingerprint density at radius 3 is 1.94 bits per heavy atom. The molecule has 10 heteroatoms. The molecule has 0 aliphatic carbocycles. The summed E-state index contributed by atoms with van der Waals surface area (Å²) < 4.78 is 34.0. The molecule has 0 aromatic heterocycles. The summed E-state index contributed by atoms with van der Waals surface area (Å²) in [5, 5.41) is 11.9. The summed E-state index contributed by atoms with van der Waals surface area (Å²) in [5.41, 5.74) is 0.677. The Kier molecular flexibility index (Phi) is 7.62. The topological polar surface area (TPSA) is 116 Å². The lowest BCUT2D eigenvalue weighted by Crippen LogP contribution is -2.17. The third-order valence-electron chi connectivity index (χ3n) is 5.15. The zero-order chi connectivity index (χ0) is 24.8. The van der Waals surface area contributed by atoms with Gasteiger partial charge in [0, 0.05) is 11.0 Å². The molecule has 0 fully saturated rings. The molecule has 0 heterocycles. The van der Waals surface area contributed by atoms with Crippen LogP contribution in [0.15, 0.2) is 36.4 Å². The van der Waals surface area contributed by atoms with Gasteiger partial charge in [0.25, 0.3) is 6.54 Å². The van der Waals surface area contributed by atoms with Crippen molar-refractivity contribution in [2.45, 2.75) is 6.61 Å². The maximum atomic E-state index is 13.1. The first-order valence-electron chi connectivity index (χ1n) is 10.1. The molecule has 3 rings (SSSR count). The first kappa shape index (κ1) is 24.4. The minimum atomic E-state index is -0.970. The minimum Gasteiger partial charge on any atom is -0.496 e. The van der Waals surface area contributed by atoms with Gasteiger partial charge in [0.1, 0.15) is 23.7 Å². The molecule has 0 amide bonds. The fraction of sp³-hybridized carbons (Fsp3) is 0.292. The number of carbonyl (C=O) groups excluding carboxylic acids is 1. The Labute approximate surface area is 196 Å². The number of rotatable bonds is 11. The molecule has 34 heavy (non-hydrogen) atoms. The third kappa shape index (κ3) is 4.47. The van der Waals surface area contributed by atoms with Crippen molar-refractivity contribution in [1.82, 2.24) is 0 Å². The molecule has 0 bridgehead atoms. The van der Waals surface area contributed by atoms with E-state index in [2.05, 4.69) is 0 Å². The maximum absolute atomic E-state index is 13.1. The summed E-state index contributed by atoms with van der Waals surface area (Å²) in [6, 6.07) is 10.8. The molecule has 0 radical (unpaired) electrons. The fourth-order valence-corrected chi connectivity index (χ4v) is 3.75. The van der Waals surface area contributed by atoms with Crippen molar-refractivity contribution in [3.8, 4) is 34.5 Å². The van der Waals surface area contributed by atoms with E-state index in [-0.39, 0.29) is 40.9 Å². The lowest BCUT2D eigenvalue weighted by atomic mass is 9.97. The Bertz CT molecular complexity index is 1210. The van der Waals surface area contributed by atoms with Crippen LogP contribution in [0.1, 0.15) is 15.9 Å². The SMILES string of the molecule is COc1cc(OC)c2c(OC)c(C(=O)C[N+](=O)[O-])c(OCc3ccccc3)c(OC)c2c1OC. The van der Waals surface area contributed by atoms with Crippen molar-refractivity contribution in [2.75, 3.05) is 42.1 Å². The second kappa shape index (κ2) is 10.6. The van der Waals surface area contributed by atoms with E-state index in [9.17, 15) is 14.9 Å². The summed E-state index contributed by atoms with van der Waals surface area (Å²) in [6.07, 6.45) is 0.